The molecule has 0 bridgehead atoms. The third-order valence-electron chi connectivity index (χ3n) is 2.32. The first-order valence-corrected chi connectivity index (χ1v) is 7.14. The Hall–Kier alpha value is -1.08. The first kappa shape index (κ1) is 16.0. The van der Waals surface area contributed by atoms with Crippen LogP contribution < -0.4 is 10.1 Å². The molecule has 0 radical (unpaired) electrons. The second-order valence-electron chi connectivity index (χ2n) is 4.14. The standard InChI is InChI=1S/C14H19IN2O2/c1-17(2)14(18)4-3-9-16-10-11-19-13-7-5-12(15)6-8-13/h3-8,16H,9-11H2,1-2H3/b4-3+. The van der Waals surface area contributed by atoms with Crippen molar-refractivity contribution in [2.24, 2.45) is 0 Å². The summed E-state index contributed by atoms with van der Waals surface area (Å²) in [5.74, 6) is 0.873. The van der Waals surface area contributed by atoms with Crippen molar-refractivity contribution in [3.63, 3.8) is 0 Å². The molecular weight excluding hydrogens is 355 g/mol. The number of carbonyl (C=O) groups excluding carboxylic acids is 1. The number of ether oxygens (including phenoxy) is 1. The van der Waals surface area contributed by atoms with E-state index in [1.165, 1.54) is 8.47 Å². The first-order chi connectivity index (χ1) is 9.09. The summed E-state index contributed by atoms with van der Waals surface area (Å²) in [6, 6.07) is 7.94. The molecule has 104 valence electrons. The number of rotatable bonds is 7. The van der Waals surface area contributed by atoms with Gasteiger partial charge in [-0.05, 0) is 46.9 Å². The van der Waals surface area contributed by atoms with Crippen LogP contribution in [0.2, 0.25) is 0 Å². The monoisotopic (exact) mass is 374 g/mol. The van der Waals surface area contributed by atoms with E-state index >= 15 is 0 Å². The van der Waals surface area contributed by atoms with Crippen LogP contribution in [0, 0.1) is 3.57 Å². The van der Waals surface area contributed by atoms with Crippen molar-refractivity contribution in [2.75, 3.05) is 33.8 Å². The molecule has 0 saturated heterocycles. The molecule has 0 aromatic heterocycles. The van der Waals surface area contributed by atoms with E-state index in [-0.39, 0.29) is 5.91 Å². The Labute approximate surface area is 128 Å². The van der Waals surface area contributed by atoms with Crippen molar-refractivity contribution in [1.82, 2.24) is 10.2 Å². The van der Waals surface area contributed by atoms with Crippen LogP contribution in [0.3, 0.4) is 0 Å². The van der Waals surface area contributed by atoms with Gasteiger partial charge in [-0.15, -0.1) is 0 Å². The lowest BCUT2D eigenvalue weighted by molar-refractivity contribution is -0.123. The fourth-order valence-corrected chi connectivity index (χ4v) is 1.63. The zero-order valence-electron chi connectivity index (χ0n) is 11.2. The number of benzene rings is 1. The topological polar surface area (TPSA) is 41.6 Å². The Balaban J connectivity index is 2.08. The summed E-state index contributed by atoms with van der Waals surface area (Å²) in [6.07, 6.45) is 3.38. The molecule has 1 amide bonds. The van der Waals surface area contributed by atoms with Crippen molar-refractivity contribution >= 4 is 28.5 Å². The molecule has 0 heterocycles. The number of halogens is 1. The Morgan fingerprint density at radius 3 is 2.68 bits per heavy atom. The van der Waals surface area contributed by atoms with Gasteiger partial charge in [-0.1, -0.05) is 6.08 Å². The maximum atomic E-state index is 11.2. The Kier molecular flexibility index (Phi) is 7.50. The number of amides is 1. The fraction of sp³-hybridized carbons (Fsp3) is 0.357. The van der Waals surface area contributed by atoms with Gasteiger partial charge in [0, 0.05) is 36.8 Å². The van der Waals surface area contributed by atoms with E-state index in [1.54, 1.807) is 20.2 Å². The SMILES string of the molecule is CN(C)C(=O)/C=C/CNCCOc1ccc(I)cc1. The van der Waals surface area contributed by atoms with Gasteiger partial charge in [0.05, 0.1) is 0 Å². The van der Waals surface area contributed by atoms with Crippen molar-refractivity contribution in [3.05, 3.63) is 40.0 Å². The minimum absolute atomic E-state index is 0.00283. The molecule has 0 aliphatic carbocycles. The minimum atomic E-state index is -0.00283. The Morgan fingerprint density at radius 1 is 1.37 bits per heavy atom. The molecule has 0 fully saturated rings. The summed E-state index contributed by atoms with van der Waals surface area (Å²) < 4.78 is 6.76. The average molecular weight is 374 g/mol. The molecule has 5 heteroatoms. The lowest BCUT2D eigenvalue weighted by Gasteiger charge is -2.07. The van der Waals surface area contributed by atoms with Crippen LogP contribution in [0.4, 0.5) is 0 Å². The Morgan fingerprint density at radius 2 is 2.05 bits per heavy atom. The molecule has 0 unspecified atom stereocenters. The van der Waals surface area contributed by atoms with Crippen LogP contribution in [-0.2, 0) is 4.79 Å². The number of hydrogen-bond acceptors (Lipinski definition) is 3. The van der Waals surface area contributed by atoms with Crippen molar-refractivity contribution < 1.29 is 9.53 Å². The van der Waals surface area contributed by atoms with E-state index < -0.39 is 0 Å². The largest absolute Gasteiger partial charge is 0.492 e. The summed E-state index contributed by atoms with van der Waals surface area (Å²) in [6.45, 7) is 2.01. The molecule has 4 nitrogen and oxygen atoms in total. The number of likely N-dealkylation sites (N-methyl/N-ethyl adjacent to an activating group) is 1. The highest BCUT2D eigenvalue weighted by molar-refractivity contribution is 14.1. The van der Waals surface area contributed by atoms with Gasteiger partial charge in [-0.25, -0.2) is 0 Å². The molecule has 1 aromatic rings. The summed E-state index contributed by atoms with van der Waals surface area (Å²) in [7, 11) is 3.46. The first-order valence-electron chi connectivity index (χ1n) is 6.06. The molecule has 0 spiro atoms. The second kappa shape index (κ2) is 8.92. The predicted octanol–water partition coefficient (Wildman–Crippen LogP) is 1.90. The lowest BCUT2D eigenvalue weighted by Crippen LogP contribution is -2.22. The lowest BCUT2D eigenvalue weighted by atomic mass is 10.3. The van der Waals surface area contributed by atoms with Crippen LogP contribution in [0.15, 0.2) is 36.4 Å². The minimum Gasteiger partial charge on any atom is -0.492 e. The van der Waals surface area contributed by atoms with Crippen molar-refractivity contribution in [3.8, 4) is 5.75 Å². The fourth-order valence-electron chi connectivity index (χ4n) is 1.27. The molecular formula is C14H19IN2O2. The molecule has 1 rings (SSSR count). The quantitative estimate of drug-likeness (QED) is 0.451. The molecule has 0 atom stereocenters. The predicted molar refractivity (Wildman–Crippen MR) is 85.4 cm³/mol. The van der Waals surface area contributed by atoms with Gasteiger partial charge in [0.2, 0.25) is 5.91 Å². The normalized spacial score (nSPS) is 10.7. The van der Waals surface area contributed by atoms with Gasteiger partial charge in [0.15, 0.2) is 0 Å². The maximum Gasteiger partial charge on any atom is 0.245 e. The van der Waals surface area contributed by atoms with Crippen LogP contribution in [0.1, 0.15) is 0 Å². The summed E-state index contributed by atoms with van der Waals surface area (Å²) in [5, 5.41) is 3.18. The number of nitrogens with zero attached hydrogens (tertiary/aromatic N) is 1. The molecule has 1 aromatic carbocycles. The van der Waals surface area contributed by atoms with E-state index in [0.717, 1.165) is 12.3 Å². The van der Waals surface area contributed by atoms with Crippen LogP contribution in [0.5, 0.6) is 5.75 Å². The molecule has 1 N–H and O–H groups in total. The van der Waals surface area contributed by atoms with Gasteiger partial charge < -0.3 is 15.0 Å². The van der Waals surface area contributed by atoms with Crippen molar-refractivity contribution in [1.29, 1.82) is 0 Å². The zero-order chi connectivity index (χ0) is 14.1. The van der Waals surface area contributed by atoms with E-state index in [4.69, 9.17) is 4.74 Å². The van der Waals surface area contributed by atoms with E-state index in [9.17, 15) is 4.79 Å². The van der Waals surface area contributed by atoms with Crippen molar-refractivity contribution in [2.45, 2.75) is 0 Å². The highest BCUT2D eigenvalue weighted by atomic mass is 127. The second-order valence-corrected chi connectivity index (χ2v) is 5.39. The van der Waals surface area contributed by atoms with Gasteiger partial charge in [-0.3, -0.25) is 4.79 Å². The van der Waals surface area contributed by atoms with Crippen LogP contribution >= 0.6 is 22.6 Å². The highest BCUT2D eigenvalue weighted by Crippen LogP contribution is 2.12. The number of hydrogen-bond donors (Lipinski definition) is 1. The number of carbonyl (C=O) groups is 1. The highest BCUT2D eigenvalue weighted by Gasteiger charge is 1.96. The smallest absolute Gasteiger partial charge is 0.245 e. The third kappa shape index (κ3) is 7.17. The van der Waals surface area contributed by atoms with Crippen LogP contribution in [-0.4, -0.2) is 44.6 Å². The van der Waals surface area contributed by atoms with Gasteiger partial charge in [0.25, 0.3) is 0 Å². The summed E-state index contributed by atoms with van der Waals surface area (Å²) >= 11 is 2.26. The third-order valence-corrected chi connectivity index (χ3v) is 3.04. The number of nitrogens with one attached hydrogen (secondary N) is 1. The van der Waals surface area contributed by atoms with E-state index in [2.05, 4.69) is 27.9 Å². The zero-order valence-corrected chi connectivity index (χ0v) is 13.4. The molecule has 0 aliphatic heterocycles. The van der Waals surface area contributed by atoms with Gasteiger partial charge in [-0.2, -0.15) is 0 Å². The summed E-state index contributed by atoms with van der Waals surface area (Å²) in [5.41, 5.74) is 0. The van der Waals surface area contributed by atoms with Gasteiger partial charge >= 0.3 is 0 Å². The molecule has 19 heavy (non-hydrogen) atoms. The maximum absolute atomic E-state index is 11.2. The van der Waals surface area contributed by atoms with Gasteiger partial charge in [0.1, 0.15) is 12.4 Å². The van der Waals surface area contributed by atoms with Crippen LogP contribution in [0.25, 0.3) is 0 Å². The Bertz CT molecular complexity index is 416. The molecule has 0 aliphatic rings. The average Bonchev–Trinajstić information content (AvgIpc) is 2.39. The van der Waals surface area contributed by atoms with E-state index in [1.807, 2.05) is 30.3 Å². The summed E-state index contributed by atoms with van der Waals surface area (Å²) in [4.78, 5) is 12.8. The molecule has 0 saturated carbocycles. The van der Waals surface area contributed by atoms with E-state index in [0.29, 0.717) is 13.2 Å².